The SMILES string of the molecule is C[N+](C)(C)C[C@H](O)CC#N.C[N+](C)(C)C[C@H](O)CC#N.[I-].[I-]. The molecular weight excluding hydrogens is 510 g/mol. The van der Waals surface area contributed by atoms with Gasteiger partial charge in [-0.05, 0) is 0 Å². The molecular formula is C14H30I2N4O2. The van der Waals surface area contributed by atoms with Crippen LogP contribution in [0.4, 0.5) is 0 Å². The summed E-state index contributed by atoms with van der Waals surface area (Å²) in [6.07, 6.45) is -0.500. The van der Waals surface area contributed by atoms with E-state index in [1.807, 2.05) is 54.4 Å². The number of aliphatic hydroxyl groups excluding tert-OH is 2. The maximum atomic E-state index is 9.15. The summed E-state index contributed by atoms with van der Waals surface area (Å²) in [7, 11) is 11.9. The van der Waals surface area contributed by atoms with Crippen molar-refractivity contribution in [1.82, 2.24) is 0 Å². The molecule has 2 atom stereocenters. The van der Waals surface area contributed by atoms with Crippen molar-refractivity contribution in [1.29, 1.82) is 10.5 Å². The molecule has 0 saturated carbocycles. The summed E-state index contributed by atoms with van der Waals surface area (Å²) in [5, 5.41) is 34.7. The predicted molar refractivity (Wildman–Crippen MR) is 78.3 cm³/mol. The minimum atomic E-state index is -0.481. The van der Waals surface area contributed by atoms with Crippen LogP contribution in [0.15, 0.2) is 0 Å². The van der Waals surface area contributed by atoms with Gasteiger partial charge < -0.3 is 67.1 Å². The lowest BCUT2D eigenvalue weighted by Gasteiger charge is -2.25. The Morgan fingerprint density at radius 2 is 0.955 bits per heavy atom. The van der Waals surface area contributed by atoms with Crippen LogP contribution in [0.25, 0.3) is 0 Å². The molecule has 0 aromatic heterocycles. The molecule has 0 saturated heterocycles. The summed E-state index contributed by atoms with van der Waals surface area (Å²) < 4.78 is 1.39. The first kappa shape index (κ1) is 30.2. The summed E-state index contributed by atoms with van der Waals surface area (Å²) in [6.45, 7) is 1.27. The van der Waals surface area contributed by atoms with Crippen molar-refractivity contribution < 1.29 is 67.1 Å². The van der Waals surface area contributed by atoms with Crippen molar-refractivity contribution in [3.8, 4) is 12.1 Å². The van der Waals surface area contributed by atoms with Crippen molar-refractivity contribution in [3.63, 3.8) is 0 Å². The molecule has 8 heteroatoms. The second kappa shape index (κ2) is 14.8. The summed E-state index contributed by atoms with van der Waals surface area (Å²) in [6, 6.07) is 3.86. The molecule has 0 bridgehead atoms. The molecule has 0 radical (unpaired) electrons. The number of quaternary nitrogens is 2. The van der Waals surface area contributed by atoms with Crippen molar-refractivity contribution in [2.75, 3.05) is 55.4 Å². The highest BCUT2D eigenvalue weighted by Crippen LogP contribution is 1.98. The maximum absolute atomic E-state index is 9.15. The van der Waals surface area contributed by atoms with Crippen LogP contribution in [-0.2, 0) is 0 Å². The van der Waals surface area contributed by atoms with Crippen molar-refractivity contribution in [3.05, 3.63) is 0 Å². The number of nitriles is 2. The highest BCUT2D eigenvalue weighted by Gasteiger charge is 2.14. The largest absolute Gasteiger partial charge is 1.00 e. The molecule has 0 aliphatic carbocycles. The lowest BCUT2D eigenvalue weighted by Crippen LogP contribution is -3.00. The van der Waals surface area contributed by atoms with E-state index in [0.717, 1.165) is 0 Å². The van der Waals surface area contributed by atoms with Gasteiger partial charge in [-0.1, -0.05) is 0 Å². The van der Waals surface area contributed by atoms with E-state index in [9.17, 15) is 0 Å². The second-order valence-corrected chi connectivity index (χ2v) is 6.98. The normalized spacial score (nSPS) is 13.0. The molecule has 0 aliphatic heterocycles. The van der Waals surface area contributed by atoms with Crippen molar-refractivity contribution in [2.45, 2.75) is 25.0 Å². The minimum absolute atomic E-state index is 0. The van der Waals surface area contributed by atoms with Crippen molar-refractivity contribution >= 4 is 0 Å². The fourth-order valence-corrected chi connectivity index (χ4v) is 1.60. The number of likely N-dealkylation sites (N-methyl/N-ethyl adjacent to an activating group) is 2. The molecule has 0 rings (SSSR count). The number of hydrogen-bond acceptors (Lipinski definition) is 4. The fourth-order valence-electron chi connectivity index (χ4n) is 1.60. The van der Waals surface area contributed by atoms with Gasteiger partial charge in [-0.3, -0.25) is 0 Å². The van der Waals surface area contributed by atoms with Crippen LogP contribution in [0, 0.1) is 22.7 Å². The lowest BCUT2D eigenvalue weighted by atomic mass is 10.2. The molecule has 0 unspecified atom stereocenters. The molecule has 22 heavy (non-hydrogen) atoms. The van der Waals surface area contributed by atoms with E-state index < -0.39 is 12.2 Å². The average molecular weight is 540 g/mol. The Morgan fingerprint density at radius 3 is 1.09 bits per heavy atom. The van der Waals surface area contributed by atoms with Crippen LogP contribution in [0.5, 0.6) is 0 Å². The van der Waals surface area contributed by atoms with E-state index in [2.05, 4.69) is 0 Å². The van der Waals surface area contributed by atoms with Gasteiger partial charge in [-0.25, -0.2) is 0 Å². The minimum Gasteiger partial charge on any atom is -1.00 e. The lowest BCUT2D eigenvalue weighted by molar-refractivity contribution is -0.873. The van der Waals surface area contributed by atoms with Gasteiger partial charge in [0.2, 0.25) is 0 Å². The van der Waals surface area contributed by atoms with Crippen LogP contribution >= 0.6 is 0 Å². The first-order valence-electron chi connectivity index (χ1n) is 6.62. The Morgan fingerprint density at radius 1 is 0.727 bits per heavy atom. The van der Waals surface area contributed by atoms with Gasteiger partial charge in [0.15, 0.2) is 0 Å². The second-order valence-electron chi connectivity index (χ2n) is 6.98. The predicted octanol–water partition coefficient (Wildman–Crippen LogP) is -6.06. The first-order chi connectivity index (χ1) is 8.91. The molecule has 0 aromatic rings. The summed E-state index contributed by atoms with van der Waals surface area (Å²) >= 11 is 0. The van der Waals surface area contributed by atoms with E-state index in [-0.39, 0.29) is 60.8 Å². The topological polar surface area (TPSA) is 88.0 Å². The summed E-state index contributed by atoms with van der Waals surface area (Å²) in [5.41, 5.74) is 0. The van der Waals surface area contributed by atoms with Gasteiger partial charge in [0.25, 0.3) is 0 Å². The highest BCUT2D eigenvalue weighted by molar-refractivity contribution is 4.74. The monoisotopic (exact) mass is 540 g/mol. The quantitative estimate of drug-likeness (QED) is 0.260. The Labute approximate surface area is 169 Å². The zero-order valence-corrected chi connectivity index (χ0v) is 18.7. The summed E-state index contributed by atoms with van der Waals surface area (Å²) in [5.74, 6) is 0. The van der Waals surface area contributed by atoms with E-state index in [0.29, 0.717) is 22.1 Å². The first-order valence-corrected chi connectivity index (χ1v) is 6.62. The molecule has 0 fully saturated rings. The van der Waals surface area contributed by atoms with Gasteiger partial charge in [0.1, 0.15) is 25.3 Å². The Balaban J connectivity index is -0.000000135. The average Bonchev–Trinajstić information content (AvgIpc) is 2.12. The van der Waals surface area contributed by atoms with Gasteiger partial charge >= 0.3 is 0 Å². The molecule has 0 spiro atoms. The molecule has 132 valence electrons. The van der Waals surface area contributed by atoms with E-state index in [1.165, 1.54) is 0 Å². The number of aliphatic hydroxyl groups is 2. The van der Waals surface area contributed by atoms with E-state index in [1.54, 1.807) is 0 Å². The fraction of sp³-hybridized carbons (Fsp3) is 0.857. The number of rotatable bonds is 6. The third-order valence-corrected chi connectivity index (χ3v) is 2.17. The molecule has 0 aliphatic rings. The summed E-state index contributed by atoms with van der Waals surface area (Å²) in [4.78, 5) is 0. The number of halogens is 2. The maximum Gasteiger partial charge on any atom is 0.116 e. The van der Waals surface area contributed by atoms with Crippen LogP contribution in [0.3, 0.4) is 0 Å². The van der Waals surface area contributed by atoms with E-state index in [4.69, 9.17) is 20.7 Å². The molecule has 0 aromatic carbocycles. The molecule has 2 N–H and O–H groups in total. The zero-order chi connectivity index (χ0) is 16.4. The van der Waals surface area contributed by atoms with E-state index >= 15 is 0 Å². The van der Waals surface area contributed by atoms with Crippen LogP contribution in [-0.4, -0.2) is 86.8 Å². The zero-order valence-electron chi connectivity index (χ0n) is 14.4. The van der Waals surface area contributed by atoms with Gasteiger partial charge in [0, 0.05) is 0 Å². The third-order valence-electron chi connectivity index (χ3n) is 2.17. The molecule has 0 amide bonds. The van der Waals surface area contributed by atoms with Gasteiger partial charge in [-0.2, -0.15) is 10.5 Å². The number of nitrogens with zero attached hydrogens (tertiary/aromatic N) is 4. The van der Waals surface area contributed by atoms with Crippen molar-refractivity contribution in [2.24, 2.45) is 0 Å². The smallest absolute Gasteiger partial charge is 0.116 e. The Hall–Kier alpha value is 0.280. The Bertz CT molecular complexity index is 307. The van der Waals surface area contributed by atoms with Gasteiger partial charge in [-0.15, -0.1) is 0 Å². The Kier molecular flexibility index (Phi) is 20.4. The number of hydrogen-bond donors (Lipinski definition) is 2. The van der Waals surface area contributed by atoms with Crippen LogP contribution < -0.4 is 48.0 Å². The third kappa shape index (κ3) is 28.4. The molecule has 0 heterocycles. The van der Waals surface area contributed by atoms with Crippen LogP contribution in [0.1, 0.15) is 12.8 Å². The highest BCUT2D eigenvalue weighted by atomic mass is 127. The van der Waals surface area contributed by atoms with Gasteiger partial charge in [0.05, 0.1) is 67.3 Å². The standard InChI is InChI=1S/2C7H15N2O.2HI/c2*1-9(2,3)6-7(10)4-5-8;;/h2*7,10H,4,6H2,1-3H3;2*1H/q2*+1;;/p-2/t2*7-;;/m11../s1. The molecule has 6 nitrogen and oxygen atoms in total. The van der Waals surface area contributed by atoms with Crippen LogP contribution in [0.2, 0.25) is 0 Å².